The molecule has 6 nitrogen and oxygen atoms in total. The first-order chi connectivity index (χ1) is 15.5. The van der Waals surface area contributed by atoms with Gasteiger partial charge in [0, 0.05) is 5.56 Å². The molecule has 0 fully saturated rings. The molecule has 0 aliphatic carbocycles. The van der Waals surface area contributed by atoms with E-state index in [0.717, 1.165) is 5.56 Å². The number of hydrogen-bond acceptors (Lipinski definition) is 5. The molecule has 162 valence electrons. The molecule has 3 rings (SSSR count). The summed E-state index contributed by atoms with van der Waals surface area (Å²) in [6.45, 7) is 2.42. The number of amides is 1. The average molecular weight is 452 g/mol. The lowest BCUT2D eigenvalue weighted by Gasteiger charge is -2.14. The molecule has 0 spiro atoms. The fourth-order valence-corrected chi connectivity index (χ4v) is 3.06. The summed E-state index contributed by atoms with van der Waals surface area (Å²) < 4.78 is 24.5. The Morgan fingerprint density at radius 2 is 1.97 bits per heavy atom. The molecular formula is C24H19ClFN3O3. The number of carbonyl (C=O) groups excluding carboxylic acids is 1. The topological polar surface area (TPSA) is 83.7 Å². The van der Waals surface area contributed by atoms with Crippen LogP contribution in [0.4, 0.5) is 4.39 Å². The number of carbonyl (C=O) groups is 1. The minimum Gasteiger partial charge on any atom is -0.490 e. The van der Waals surface area contributed by atoms with Crippen molar-refractivity contribution in [1.82, 2.24) is 5.43 Å². The highest BCUT2D eigenvalue weighted by Gasteiger charge is 2.13. The van der Waals surface area contributed by atoms with Crippen LogP contribution in [0.2, 0.25) is 5.02 Å². The maximum Gasteiger partial charge on any atom is 0.271 e. The van der Waals surface area contributed by atoms with Gasteiger partial charge in [-0.2, -0.15) is 10.4 Å². The number of nitriles is 1. The van der Waals surface area contributed by atoms with E-state index in [1.165, 1.54) is 30.5 Å². The molecule has 0 saturated heterocycles. The number of hydrazone groups is 1. The van der Waals surface area contributed by atoms with Crippen LogP contribution in [0, 0.1) is 17.1 Å². The summed E-state index contributed by atoms with van der Waals surface area (Å²) in [6, 6.07) is 17.6. The zero-order chi connectivity index (χ0) is 22.9. The molecule has 3 aromatic carbocycles. The largest absolute Gasteiger partial charge is 0.490 e. The van der Waals surface area contributed by atoms with Gasteiger partial charge in [-0.1, -0.05) is 23.7 Å². The molecule has 3 aromatic rings. The average Bonchev–Trinajstić information content (AvgIpc) is 2.79. The Morgan fingerprint density at radius 3 is 2.69 bits per heavy atom. The van der Waals surface area contributed by atoms with Crippen LogP contribution in [-0.4, -0.2) is 18.7 Å². The van der Waals surface area contributed by atoms with Gasteiger partial charge in [-0.3, -0.25) is 4.79 Å². The van der Waals surface area contributed by atoms with E-state index in [-0.39, 0.29) is 12.2 Å². The van der Waals surface area contributed by atoms with Gasteiger partial charge in [0.05, 0.1) is 29.5 Å². The lowest BCUT2D eigenvalue weighted by atomic mass is 10.1. The van der Waals surface area contributed by atoms with Gasteiger partial charge in [0.25, 0.3) is 5.91 Å². The monoisotopic (exact) mass is 451 g/mol. The molecule has 0 unspecified atom stereocenters. The quantitative estimate of drug-likeness (QED) is 0.382. The van der Waals surface area contributed by atoms with E-state index in [1.807, 2.05) is 13.0 Å². The first-order valence-electron chi connectivity index (χ1n) is 9.67. The Kier molecular flexibility index (Phi) is 7.79. The van der Waals surface area contributed by atoms with E-state index in [4.69, 9.17) is 26.3 Å². The number of nitrogens with zero attached hydrogens (tertiary/aromatic N) is 2. The van der Waals surface area contributed by atoms with Gasteiger partial charge in [0.1, 0.15) is 12.4 Å². The van der Waals surface area contributed by atoms with Crippen molar-refractivity contribution >= 4 is 23.7 Å². The summed E-state index contributed by atoms with van der Waals surface area (Å²) in [7, 11) is 0. The minimum atomic E-state index is -0.475. The van der Waals surface area contributed by atoms with E-state index in [1.54, 1.807) is 30.3 Å². The third-order valence-electron chi connectivity index (χ3n) is 4.26. The third kappa shape index (κ3) is 6.06. The predicted molar refractivity (Wildman–Crippen MR) is 120 cm³/mol. The number of rotatable bonds is 8. The number of halogens is 2. The number of benzene rings is 3. The van der Waals surface area contributed by atoms with Crippen molar-refractivity contribution in [3.8, 4) is 17.6 Å². The van der Waals surface area contributed by atoms with Gasteiger partial charge in [-0.05, 0) is 66.6 Å². The highest BCUT2D eigenvalue weighted by Crippen LogP contribution is 2.37. The molecule has 0 atom stereocenters. The SMILES string of the molecule is CCOc1cc(/C=N\NC(=O)c2ccc(F)cc2)cc(Cl)c1OCc1cccc(C#N)c1. The standard InChI is InChI=1S/C24H19ClFN3O3/c1-2-31-22-12-18(14-28-29-24(30)19-6-8-20(26)9-7-19)11-21(25)23(22)32-15-17-5-3-4-16(10-17)13-27/h3-12,14H,2,15H2,1H3,(H,29,30)/b28-14-. The third-order valence-corrected chi connectivity index (χ3v) is 4.54. The molecule has 0 bridgehead atoms. The summed E-state index contributed by atoms with van der Waals surface area (Å²) in [5, 5.41) is 13.3. The van der Waals surface area contributed by atoms with Crippen molar-refractivity contribution in [2.75, 3.05) is 6.61 Å². The first kappa shape index (κ1) is 22.8. The number of hydrogen-bond donors (Lipinski definition) is 1. The Labute approximate surface area is 189 Å². The van der Waals surface area contributed by atoms with Crippen molar-refractivity contribution in [2.24, 2.45) is 5.10 Å². The van der Waals surface area contributed by atoms with Gasteiger partial charge in [0.15, 0.2) is 11.5 Å². The molecule has 1 amide bonds. The maximum atomic E-state index is 13.0. The first-order valence-corrected chi connectivity index (χ1v) is 10.0. The van der Waals surface area contributed by atoms with E-state index in [9.17, 15) is 9.18 Å². The van der Waals surface area contributed by atoms with Crippen molar-refractivity contribution in [1.29, 1.82) is 5.26 Å². The smallest absolute Gasteiger partial charge is 0.271 e. The minimum absolute atomic E-state index is 0.205. The summed E-state index contributed by atoms with van der Waals surface area (Å²) in [5.41, 5.74) is 4.59. The number of ether oxygens (including phenoxy) is 2. The maximum absolute atomic E-state index is 13.0. The second kappa shape index (κ2) is 10.9. The van der Waals surface area contributed by atoms with Crippen LogP contribution in [0.1, 0.15) is 34.0 Å². The fourth-order valence-electron chi connectivity index (χ4n) is 2.78. The fraction of sp³-hybridized carbons (Fsp3) is 0.125. The van der Waals surface area contributed by atoms with Crippen LogP contribution < -0.4 is 14.9 Å². The molecule has 8 heteroatoms. The van der Waals surface area contributed by atoms with Gasteiger partial charge in [0.2, 0.25) is 0 Å². The molecule has 0 aliphatic rings. The molecule has 0 heterocycles. The van der Waals surface area contributed by atoms with Gasteiger partial charge in [-0.25, -0.2) is 9.82 Å². The van der Waals surface area contributed by atoms with Crippen LogP contribution in [0.15, 0.2) is 65.8 Å². The Balaban J connectivity index is 1.72. The summed E-state index contributed by atoms with van der Waals surface area (Å²) >= 11 is 6.41. The number of nitrogens with one attached hydrogen (secondary N) is 1. The van der Waals surface area contributed by atoms with E-state index >= 15 is 0 Å². The normalized spacial score (nSPS) is 10.6. The lowest BCUT2D eigenvalue weighted by Crippen LogP contribution is -2.17. The van der Waals surface area contributed by atoms with E-state index < -0.39 is 11.7 Å². The van der Waals surface area contributed by atoms with Crippen LogP contribution >= 0.6 is 11.6 Å². The lowest BCUT2D eigenvalue weighted by molar-refractivity contribution is 0.0955. The summed E-state index contributed by atoms with van der Waals surface area (Å²) in [4.78, 5) is 12.1. The van der Waals surface area contributed by atoms with Crippen molar-refractivity contribution in [3.05, 3.63) is 93.8 Å². The van der Waals surface area contributed by atoms with Gasteiger partial charge >= 0.3 is 0 Å². The van der Waals surface area contributed by atoms with Crippen molar-refractivity contribution < 1.29 is 18.7 Å². The Hall–Kier alpha value is -3.89. The van der Waals surface area contributed by atoms with Crippen molar-refractivity contribution in [2.45, 2.75) is 13.5 Å². The van der Waals surface area contributed by atoms with Crippen LogP contribution in [0.5, 0.6) is 11.5 Å². The molecule has 0 aromatic heterocycles. The van der Waals surface area contributed by atoms with Crippen LogP contribution in [0.3, 0.4) is 0 Å². The molecular weight excluding hydrogens is 433 g/mol. The second-order valence-corrected chi connectivity index (χ2v) is 6.98. The summed E-state index contributed by atoms with van der Waals surface area (Å²) in [5.74, 6) is -0.119. The van der Waals surface area contributed by atoms with Gasteiger partial charge in [-0.15, -0.1) is 0 Å². The Morgan fingerprint density at radius 1 is 1.19 bits per heavy atom. The molecule has 1 N–H and O–H groups in total. The molecule has 0 aliphatic heterocycles. The van der Waals surface area contributed by atoms with Gasteiger partial charge < -0.3 is 9.47 Å². The Bertz CT molecular complexity index is 1170. The van der Waals surface area contributed by atoms with Crippen molar-refractivity contribution in [3.63, 3.8) is 0 Å². The second-order valence-electron chi connectivity index (χ2n) is 6.57. The highest BCUT2D eigenvalue weighted by molar-refractivity contribution is 6.32. The van der Waals surface area contributed by atoms with Crippen LogP contribution in [0.25, 0.3) is 0 Å². The van der Waals surface area contributed by atoms with E-state index in [0.29, 0.717) is 34.3 Å². The molecule has 0 radical (unpaired) electrons. The zero-order valence-electron chi connectivity index (χ0n) is 17.1. The summed E-state index contributed by atoms with van der Waals surface area (Å²) in [6.07, 6.45) is 1.41. The van der Waals surface area contributed by atoms with E-state index in [2.05, 4.69) is 16.6 Å². The zero-order valence-corrected chi connectivity index (χ0v) is 17.9. The molecule has 32 heavy (non-hydrogen) atoms. The molecule has 0 saturated carbocycles. The van der Waals surface area contributed by atoms with Crippen LogP contribution in [-0.2, 0) is 6.61 Å². The predicted octanol–water partition coefficient (Wildman–Crippen LogP) is 5.09. The highest BCUT2D eigenvalue weighted by atomic mass is 35.5.